The highest BCUT2D eigenvalue weighted by molar-refractivity contribution is 5.74. The number of fused-ring (bicyclic) bond motifs is 3. The van der Waals surface area contributed by atoms with Crippen molar-refractivity contribution in [1.29, 1.82) is 0 Å². The lowest BCUT2D eigenvalue weighted by molar-refractivity contribution is -0.438. The van der Waals surface area contributed by atoms with Gasteiger partial charge in [-0.25, -0.2) is 0 Å². The van der Waals surface area contributed by atoms with E-state index in [9.17, 15) is 30.3 Å². The zero-order valence-corrected chi connectivity index (χ0v) is 10.8. The molecule has 9 heteroatoms. The molecule has 0 saturated carbocycles. The van der Waals surface area contributed by atoms with Crippen molar-refractivity contribution in [3.63, 3.8) is 0 Å². The Hall–Kier alpha value is -3.36. The summed E-state index contributed by atoms with van der Waals surface area (Å²) in [7, 11) is 0. The molecule has 2 aliphatic carbocycles. The number of benzene rings is 1. The van der Waals surface area contributed by atoms with E-state index in [0.29, 0.717) is 16.7 Å². The number of non-ortho nitro benzene ring substituents is 1. The van der Waals surface area contributed by atoms with Gasteiger partial charge in [-0.3, -0.25) is 30.3 Å². The van der Waals surface area contributed by atoms with Gasteiger partial charge in [0.05, 0.1) is 20.8 Å². The molecule has 1 aromatic rings. The number of nitro benzene ring substituents is 1. The molecule has 0 saturated heterocycles. The maximum absolute atomic E-state index is 11.2. The fourth-order valence-electron chi connectivity index (χ4n) is 2.67. The molecule has 1 atom stereocenters. The van der Waals surface area contributed by atoms with Gasteiger partial charge in [-0.1, -0.05) is 6.07 Å². The Morgan fingerprint density at radius 3 is 2.18 bits per heavy atom. The second-order valence-corrected chi connectivity index (χ2v) is 4.80. The van der Waals surface area contributed by atoms with Gasteiger partial charge in [0.1, 0.15) is 5.92 Å². The Balaban J connectivity index is 2.17. The van der Waals surface area contributed by atoms with Crippen molar-refractivity contribution >= 4 is 11.8 Å². The fourth-order valence-corrected chi connectivity index (χ4v) is 2.67. The summed E-state index contributed by atoms with van der Waals surface area (Å²) in [6.45, 7) is 0. The zero-order chi connectivity index (χ0) is 16.0. The highest BCUT2D eigenvalue weighted by Gasteiger charge is 2.40. The summed E-state index contributed by atoms with van der Waals surface area (Å²) in [4.78, 5) is 30.9. The third kappa shape index (κ3) is 1.95. The summed E-state index contributed by atoms with van der Waals surface area (Å²) in [5, 5.41) is 32.9. The first kappa shape index (κ1) is 13.6. The summed E-state index contributed by atoms with van der Waals surface area (Å²) in [5.41, 5.74) is 0.547. The molecule has 0 bridgehead atoms. The van der Waals surface area contributed by atoms with E-state index in [1.165, 1.54) is 30.4 Å². The van der Waals surface area contributed by atoms with Crippen molar-refractivity contribution < 1.29 is 14.8 Å². The van der Waals surface area contributed by atoms with Gasteiger partial charge in [0, 0.05) is 18.2 Å². The standard InChI is InChI=1S/C13H7N3O6/c17-14(18)9-1-2-11-7(4-9)3-8-5-10(15(19)20)6-12(13(8)11)16(21)22/h1-6,13H. The molecule has 22 heavy (non-hydrogen) atoms. The van der Waals surface area contributed by atoms with Crippen LogP contribution in [0.2, 0.25) is 0 Å². The third-order valence-corrected chi connectivity index (χ3v) is 3.58. The first-order chi connectivity index (χ1) is 10.4. The van der Waals surface area contributed by atoms with Crippen LogP contribution in [0, 0.1) is 30.3 Å². The first-order valence-electron chi connectivity index (χ1n) is 6.10. The minimum atomic E-state index is -0.741. The SMILES string of the molecule is O=[N+]([O-])C1=CC2=Cc3cc([N+](=O)[O-])ccc3C2C([N+](=O)[O-])=C1. The van der Waals surface area contributed by atoms with Crippen LogP contribution in [0.3, 0.4) is 0 Å². The molecule has 0 radical (unpaired) electrons. The van der Waals surface area contributed by atoms with E-state index in [0.717, 1.165) is 6.08 Å². The lowest BCUT2D eigenvalue weighted by Crippen LogP contribution is -2.15. The van der Waals surface area contributed by atoms with E-state index in [4.69, 9.17) is 0 Å². The van der Waals surface area contributed by atoms with E-state index >= 15 is 0 Å². The molecule has 0 heterocycles. The number of nitrogens with zero attached hydrogens (tertiary/aromatic N) is 3. The molecule has 3 rings (SSSR count). The van der Waals surface area contributed by atoms with Crippen molar-refractivity contribution in [3.05, 3.63) is 88.8 Å². The van der Waals surface area contributed by atoms with Crippen LogP contribution in [0.25, 0.3) is 6.08 Å². The van der Waals surface area contributed by atoms with Crippen LogP contribution >= 0.6 is 0 Å². The summed E-state index contributed by atoms with van der Waals surface area (Å²) in [6.07, 6.45) is 3.69. The number of nitro groups is 3. The quantitative estimate of drug-likeness (QED) is 0.622. The normalized spacial score (nSPS) is 18.5. The Morgan fingerprint density at radius 1 is 0.864 bits per heavy atom. The molecule has 0 aliphatic heterocycles. The molecule has 110 valence electrons. The predicted octanol–water partition coefficient (Wildman–Crippen LogP) is 2.41. The monoisotopic (exact) mass is 301 g/mol. The van der Waals surface area contributed by atoms with Gasteiger partial charge in [-0.2, -0.15) is 0 Å². The van der Waals surface area contributed by atoms with Gasteiger partial charge in [0.15, 0.2) is 0 Å². The smallest absolute Gasteiger partial charge is 0.259 e. The van der Waals surface area contributed by atoms with Crippen LogP contribution in [-0.4, -0.2) is 14.8 Å². The van der Waals surface area contributed by atoms with Crippen molar-refractivity contribution in [2.45, 2.75) is 5.92 Å². The van der Waals surface area contributed by atoms with Gasteiger partial charge < -0.3 is 0 Å². The van der Waals surface area contributed by atoms with Crippen LogP contribution in [0.1, 0.15) is 17.0 Å². The van der Waals surface area contributed by atoms with Crippen molar-refractivity contribution in [2.75, 3.05) is 0 Å². The fraction of sp³-hybridized carbons (Fsp3) is 0.0769. The minimum Gasteiger partial charge on any atom is -0.259 e. The van der Waals surface area contributed by atoms with E-state index in [1.807, 2.05) is 0 Å². The molecule has 0 spiro atoms. The lowest BCUT2D eigenvalue weighted by atomic mass is 9.88. The molecule has 0 N–H and O–H groups in total. The maximum atomic E-state index is 11.2. The molecule has 2 aliphatic rings. The van der Waals surface area contributed by atoms with Gasteiger partial charge in [0.25, 0.3) is 17.1 Å². The maximum Gasteiger partial charge on any atom is 0.276 e. The van der Waals surface area contributed by atoms with Gasteiger partial charge in [-0.15, -0.1) is 0 Å². The number of allylic oxidation sites excluding steroid dienone is 3. The van der Waals surface area contributed by atoms with Crippen molar-refractivity contribution in [2.24, 2.45) is 0 Å². The molecule has 1 aromatic carbocycles. The van der Waals surface area contributed by atoms with E-state index < -0.39 is 20.7 Å². The van der Waals surface area contributed by atoms with E-state index in [1.54, 1.807) is 0 Å². The molecule has 0 amide bonds. The molecule has 1 unspecified atom stereocenters. The summed E-state index contributed by atoms with van der Waals surface area (Å²) < 4.78 is 0. The van der Waals surface area contributed by atoms with Gasteiger partial charge in [0.2, 0.25) is 0 Å². The zero-order valence-electron chi connectivity index (χ0n) is 10.8. The number of hydrogen-bond acceptors (Lipinski definition) is 6. The second kappa shape index (κ2) is 4.58. The number of rotatable bonds is 3. The van der Waals surface area contributed by atoms with Gasteiger partial charge >= 0.3 is 0 Å². The lowest BCUT2D eigenvalue weighted by Gasteiger charge is -2.14. The molecular formula is C13H7N3O6. The van der Waals surface area contributed by atoms with Crippen LogP contribution in [0.15, 0.2) is 47.3 Å². The molecular weight excluding hydrogens is 294 g/mol. The predicted molar refractivity (Wildman–Crippen MR) is 74.0 cm³/mol. The highest BCUT2D eigenvalue weighted by Crippen LogP contribution is 2.45. The Labute approximate surface area is 122 Å². The van der Waals surface area contributed by atoms with Crippen molar-refractivity contribution in [3.8, 4) is 0 Å². The Bertz CT molecular complexity index is 836. The van der Waals surface area contributed by atoms with Gasteiger partial charge in [-0.05, 0) is 22.8 Å². The third-order valence-electron chi connectivity index (χ3n) is 3.58. The summed E-state index contributed by atoms with van der Waals surface area (Å²) in [6, 6.07) is 4.02. The molecule has 9 nitrogen and oxygen atoms in total. The second-order valence-electron chi connectivity index (χ2n) is 4.80. The van der Waals surface area contributed by atoms with Crippen molar-refractivity contribution in [1.82, 2.24) is 0 Å². The van der Waals surface area contributed by atoms with Crippen LogP contribution in [0.4, 0.5) is 5.69 Å². The van der Waals surface area contributed by atoms with Crippen LogP contribution < -0.4 is 0 Å². The Kier molecular flexibility index (Phi) is 2.84. The largest absolute Gasteiger partial charge is 0.276 e. The van der Waals surface area contributed by atoms with Crippen LogP contribution in [0.5, 0.6) is 0 Å². The van der Waals surface area contributed by atoms with E-state index in [-0.39, 0.29) is 17.1 Å². The number of hydrogen-bond donors (Lipinski definition) is 0. The minimum absolute atomic E-state index is 0.139. The first-order valence-corrected chi connectivity index (χ1v) is 6.10. The topological polar surface area (TPSA) is 129 Å². The average molecular weight is 301 g/mol. The molecule has 0 fully saturated rings. The summed E-state index contributed by atoms with van der Waals surface area (Å²) >= 11 is 0. The Morgan fingerprint density at radius 2 is 1.59 bits per heavy atom. The molecule has 0 aromatic heterocycles. The van der Waals surface area contributed by atoms with E-state index in [2.05, 4.69) is 0 Å². The summed E-state index contributed by atoms with van der Waals surface area (Å²) in [5.74, 6) is -0.741. The average Bonchev–Trinajstić information content (AvgIpc) is 2.82. The van der Waals surface area contributed by atoms with Crippen LogP contribution in [-0.2, 0) is 0 Å². The highest BCUT2D eigenvalue weighted by atomic mass is 16.6.